The molecule has 0 nitrogen and oxygen atoms in total. The van der Waals surface area contributed by atoms with E-state index >= 15 is 0 Å². The van der Waals surface area contributed by atoms with Gasteiger partial charge in [0.05, 0.1) is 0 Å². The van der Waals surface area contributed by atoms with E-state index in [1.807, 2.05) is 11.3 Å². The van der Waals surface area contributed by atoms with Gasteiger partial charge in [-0.25, -0.2) is 0 Å². The summed E-state index contributed by atoms with van der Waals surface area (Å²) in [6, 6.07) is 6.51. The van der Waals surface area contributed by atoms with Gasteiger partial charge in [-0.05, 0) is 57.1 Å². The Morgan fingerprint density at radius 2 is 1.84 bits per heavy atom. The van der Waals surface area contributed by atoms with Crippen LogP contribution in [0.5, 0.6) is 0 Å². The van der Waals surface area contributed by atoms with E-state index in [-0.39, 0.29) is 0 Å². The molecule has 0 N–H and O–H groups in total. The van der Waals surface area contributed by atoms with E-state index in [2.05, 4.69) is 69.3 Å². The summed E-state index contributed by atoms with van der Waals surface area (Å²) in [5.74, 6) is 0.742. The highest BCUT2D eigenvalue weighted by Crippen LogP contribution is 2.43. The Balaban J connectivity index is 2.34. The molecule has 0 fully saturated rings. The molecular formula is C16H20Br2S. The molecule has 0 saturated carbocycles. The van der Waals surface area contributed by atoms with Crippen molar-refractivity contribution >= 4 is 53.3 Å². The van der Waals surface area contributed by atoms with E-state index in [0.29, 0.717) is 4.83 Å². The Morgan fingerprint density at radius 3 is 2.47 bits per heavy atom. The summed E-state index contributed by atoms with van der Waals surface area (Å²) in [5.41, 5.74) is 1.47. The first-order valence-electron chi connectivity index (χ1n) is 6.98. The molecule has 2 aromatic rings. The van der Waals surface area contributed by atoms with E-state index in [0.717, 1.165) is 5.92 Å². The minimum absolute atomic E-state index is 0.482. The fourth-order valence-corrected chi connectivity index (χ4v) is 5.43. The first-order chi connectivity index (χ1) is 9.19. The van der Waals surface area contributed by atoms with Crippen molar-refractivity contribution < 1.29 is 0 Å². The monoisotopic (exact) mass is 402 g/mol. The fraction of sp³-hybridized carbons (Fsp3) is 0.500. The normalized spacial score (nSPS) is 13.3. The molecule has 1 heterocycles. The Morgan fingerprint density at radius 1 is 1.16 bits per heavy atom. The average Bonchev–Trinajstić information content (AvgIpc) is 2.83. The van der Waals surface area contributed by atoms with Crippen molar-refractivity contribution in [3.63, 3.8) is 0 Å². The highest BCUT2D eigenvalue weighted by Gasteiger charge is 2.22. The summed E-state index contributed by atoms with van der Waals surface area (Å²) < 4.78 is 2.58. The van der Waals surface area contributed by atoms with E-state index in [1.165, 1.54) is 45.8 Å². The Kier molecular flexibility index (Phi) is 5.91. The molecule has 1 unspecified atom stereocenters. The van der Waals surface area contributed by atoms with Crippen molar-refractivity contribution in [2.45, 2.75) is 44.4 Å². The molecule has 0 bridgehead atoms. The second-order valence-electron chi connectivity index (χ2n) is 5.05. The molecular weight excluding hydrogens is 384 g/mol. The van der Waals surface area contributed by atoms with Gasteiger partial charge in [0.25, 0.3) is 0 Å². The van der Waals surface area contributed by atoms with Gasteiger partial charge in [-0.15, -0.1) is 11.3 Å². The lowest BCUT2D eigenvalue weighted by Gasteiger charge is -2.21. The van der Waals surface area contributed by atoms with Crippen molar-refractivity contribution in [3.8, 4) is 0 Å². The van der Waals surface area contributed by atoms with Crippen molar-refractivity contribution in [2.24, 2.45) is 5.92 Å². The van der Waals surface area contributed by atoms with Crippen LogP contribution < -0.4 is 0 Å². The van der Waals surface area contributed by atoms with E-state index in [9.17, 15) is 0 Å². The van der Waals surface area contributed by atoms with Crippen LogP contribution in [0.4, 0.5) is 0 Å². The van der Waals surface area contributed by atoms with Gasteiger partial charge in [0.2, 0.25) is 0 Å². The number of rotatable bonds is 6. The molecule has 104 valence electrons. The highest BCUT2D eigenvalue weighted by atomic mass is 79.9. The zero-order valence-electron chi connectivity index (χ0n) is 11.5. The second kappa shape index (κ2) is 7.24. The number of halogens is 2. The number of thiophene rings is 1. The molecule has 0 radical (unpaired) electrons. The summed E-state index contributed by atoms with van der Waals surface area (Å²) in [7, 11) is 0. The molecule has 0 saturated heterocycles. The topological polar surface area (TPSA) is 0 Å². The van der Waals surface area contributed by atoms with Crippen LogP contribution in [0.25, 0.3) is 10.1 Å². The van der Waals surface area contributed by atoms with Crippen LogP contribution in [0.2, 0.25) is 0 Å². The van der Waals surface area contributed by atoms with Crippen molar-refractivity contribution in [2.75, 3.05) is 0 Å². The Hall–Kier alpha value is 0.140. The maximum absolute atomic E-state index is 3.97. The van der Waals surface area contributed by atoms with Crippen molar-refractivity contribution in [3.05, 3.63) is 33.6 Å². The zero-order valence-corrected chi connectivity index (χ0v) is 15.4. The Bertz CT molecular complexity index is 527. The van der Waals surface area contributed by atoms with Gasteiger partial charge >= 0.3 is 0 Å². The summed E-state index contributed by atoms with van der Waals surface area (Å²) in [4.78, 5) is 0.482. The van der Waals surface area contributed by atoms with Crippen LogP contribution in [0.3, 0.4) is 0 Å². The molecule has 3 heteroatoms. The molecule has 0 aliphatic rings. The van der Waals surface area contributed by atoms with Crippen LogP contribution in [0.1, 0.15) is 49.9 Å². The van der Waals surface area contributed by atoms with E-state index in [4.69, 9.17) is 0 Å². The number of alkyl halides is 1. The van der Waals surface area contributed by atoms with Gasteiger partial charge in [0.15, 0.2) is 0 Å². The van der Waals surface area contributed by atoms with E-state index in [1.54, 1.807) is 0 Å². The molecule has 1 aromatic heterocycles. The molecule has 0 spiro atoms. The number of benzene rings is 1. The smallest absolute Gasteiger partial charge is 0.0488 e. The van der Waals surface area contributed by atoms with Gasteiger partial charge in [-0.1, -0.05) is 54.8 Å². The van der Waals surface area contributed by atoms with Gasteiger partial charge in [0.1, 0.15) is 0 Å². The van der Waals surface area contributed by atoms with Crippen molar-refractivity contribution in [1.29, 1.82) is 0 Å². The minimum Gasteiger partial charge on any atom is -0.142 e. The SMILES string of the molecule is CCCC(CCC)C(Br)c1csc2c(Br)cccc12. The standard InChI is InChI=1S/C16H20Br2S/c1-3-6-11(7-4-2)15(18)13-10-19-16-12(13)8-5-9-14(16)17/h5,8-11,15H,3-4,6-7H2,1-2H3. The van der Waals surface area contributed by atoms with Gasteiger partial charge in [-0.3, -0.25) is 0 Å². The van der Waals surface area contributed by atoms with E-state index < -0.39 is 0 Å². The predicted molar refractivity (Wildman–Crippen MR) is 94.5 cm³/mol. The van der Waals surface area contributed by atoms with Gasteiger partial charge in [0, 0.05) is 14.0 Å². The van der Waals surface area contributed by atoms with Gasteiger partial charge < -0.3 is 0 Å². The van der Waals surface area contributed by atoms with Crippen LogP contribution in [-0.4, -0.2) is 0 Å². The number of hydrogen-bond acceptors (Lipinski definition) is 1. The lowest BCUT2D eigenvalue weighted by molar-refractivity contribution is 0.436. The fourth-order valence-electron chi connectivity index (χ4n) is 2.69. The minimum atomic E-state index is 0.482. The molecule has 0 amide bonds. The molecule has 1 aromatic carbocycles. The van der Waals surface area contributed by atoms with Gasteiger partial charge in [-0.2, -0.15) is 0 Å². The first-order valence-corrected chi connectivity index (χ1v) is 9.57. The quantitative estimate of drug-likeness (QED) is 0.443. The third kappa shape index (κ3) is 3.43. The second-order valence-corrected chi connectivity index (χ2v) is 7.77. The molecule has 1 atom stereocenters. The number of fused-ring (bicyclic) bond motifs is 1. The summed E-state index contributed by atoms with van der Waals surface area (Å²) in [6.45, 7) is 4.56. The van der Waals surface area contributed by atoms with Crippen LogP contribution in [0.15, 0.2) is 28.1 Å². The van der Waals surface area contributed by atoms with Crippen LogP contribution >= 0.6 is 43.2 Å². The van der Waals surface area contributed by atoms with Crippen LogP contribution in [0, 0.1) is 5.92 Å². The van der Waals surface area contributed by atoms with Crippen LogP contribution in [-0.2, 0) is 0 Å². The molecule has 0 aliphatic heterocycles. The largest absolute Gasteiger partial charge is 0.142 e. The third-order valence-electron chi connectivity index (χ3n) is 3.61. The average molecular weight is 404 g/mol. The molecule has 19 heavy (non-hydrogen) atoms. The lowest BCUT2D eigenvalue weighted by atomic mass is 9.91. The first kappa shape index (κ1) is 15.5. The molecule has 2 rings (SSSR count). The summed E-state index contributed by atoms with van der Waals surface area (Å²) in [5, 5.41) is 3.73. The molecule has 0 aliphatic carbocycles. The predicted octanol–water partition coefficient (Wildman–Crippen LogP) is 7.32. The maximum atomic E-state index is 3.97. The summed E-state index contributed by atoms with van der Waals surface area (Å²) in [6.07, 6.45) is 5.13. The van der Waals surface area contributed by atoms with Crippen molar-refractivity contribution in [1.82, 2.24) is 0 Å². The summed E-state index contributed by atoms with van der Waals surface area (Å²) >= 11 is 9.47. The maximum Gasteiger partial charge on any atom is 0.0488 e. The number of hydrogen-bond donors (Lipinski definition) is 0. The Labute approximate surface area is 136 Å². The lowest BCUT2D eigenvalue weighted by Crippen LogP contribution is -2.07. The zero-order chi connectivity index (χ0) is 13.8. The third-order valence-corrected chi connectivity index (χ3v) is 6.82. The highest BCUT2D eigenvalue weighted by molar-refractivity contribution is 9.10.